The molecule has 9 nitrogen and oxygen atoms in total. The number of allylic oxidation sites excluding steroid dienone is 2. The van der Waals surface area contributed by atoms with Crippen LogP contribution >= 0.6 is 0 Å². The van der Waals surface area contributed by atoms with Gasteiger partial charge in [-0.05, 0) is 55.8 Å². The first-order chi connectivity index (χ1) is 18.4. The SMILES string of the molecule is CC/C=C(/CC1CCN(C(=O)OC)C1)N1CCc2ccc(-c3cc(N4CCN(C)CC4)nc(N)n3)cc2C1. The molecule has 2 saturated heterocycles. The first-order valence-corrected chi connectivity index (χ1v) is 13.9. The summed E-state index contributed by atoms with van der Waals surface area (Å²) in [7, 11) is 3.61. The van der Waals surface area contributed by atoms with Crippen LogP contribution in [0.4, 0.5) is 16.6 Å². The Labute approximate surface area is 226 Å². The molecule has 204 valence electrons. The topological polar surface area (TPSA) is 91.1 Å². The van der Waals surface area contributed by atoms with Crippen LogP contribution in [0.1, 0.15) is 37.3 Å². The largest absolute Gasteiger partial charge is 0.453 e. The van der Waals surface area contributed by atoms with E-state index in [1.807, 2.05) is 4.90 Å². The zero-order valence-corrected chi connectivity index (χ0v) is 23.0. The molecule has 0 spiro atoms. The second kappa shape index (κ2) is 11.6. The van der Waals surface area contributed by atoms with Crippen molar-refractivity contribution in [2.45, 2.75) is 39.2 Å². The Bertz CT molecular complexity index is 1180. The summed E-state index contributed by atoms with van der Waals surface area (Å²) in [4.78, 5) is 30.1. The van der Waals surface area contributed by atoms with Gasteiger partial charge in [0.25, 0.3) is 0 Å². The van der Waals surface area contributed by atoms with Gasteiger partial charge in [-0.3, -0.25) is 0 Å². The van der Waals surface area contributed by atoms with Crippen LogP contribution in [0.2, 0.25) is 0 Å². The molecule has 0 saturated carbocycles. The molecular weight excluding hydrogens is 478 g/mol. The van der Waals surface area contributed by atoms with Crippen molar-refractivity contribution in [3.63, 3.8) is 0 Å². The predicted molar refractivity (Wildman–Crippen MR) is 151 cm³/mol. The van der Waals surface area contributed by atoms with Crippen LogP contribution < -0.4 is 10.6 Å². The second-order valence-corrected chi connectivity index (χ2v) is 10.8. The third-order valence-electron chi connectivity index (χ3n) is 8.13. The third-order valence-corrected chi connectivity index (χ3v) is 8.13. The summed E-state index contributed by atoms with van der Waals surface area (Å²) in [5.41, 5.74) is 12.3. The number of rotatable bonds is 6. The van der Waals surface area contributed by atoms with Crippen molar-refractivity contribution in [2.24, 2.45) is 5.92 Å². The maximum atomic E-state index is 12.0. The Kier molecular flexibility index (Phi) is 8.02. The van der Waals surface area contributed by atoms with Gasteiger partial charge in [0.15, 0.2) is 0 Å². The minimum absolute atomic E-state index is 0.214. The van der Waals surface area contributed by atoms with Crippen LogP contribution in [0.5, 0.6) is 0 Å². The van der Waals surface area contributed by atoms with Crippen LogP contribution in [0, 0.1) is 5.92 Å². The van der Waals surface area contributed by atoms with Gasteiger partial charge in [0.1, 0.15) is 5.82 Å². The Morgan fingerprint density at radius 3 is 2.66 bits per heavy atom. The number of likely N-dealkylation sites (N-methyl/N-ethyl adjacent to an activating group) is 1. The molecule has 1 atom stereocenters. The molecule has 1 aromatic carbocycles. The summed E-state index contributed by atoms with van der Waals surface area (Å²) < 4.78 is 4.93. The van der Waals surface area contributed by atoms with Crippen molar-refractivity contribution in [3.8, 4) is 11.3 Å². The summed E-state index contributed by atoms with van der Waals surface area (Å²) >= 11 is 0. The number of hydrogen-bond acceptors (Lipinski definition) is 8. The van der Waals surface area contributed by atoms with Gasteiger partial charge >= 0.3 is 6.09 Å². The number of ether oxygens (including phenoxy) is 1. The highest BCUT2D eigenvalue weighted by molar-refractivity contribution is 5.68. The summed E-state index contributed by atoms with van der Waals surface area (Å²) in [5, 5.41) is 0. The average molecular weight is 520 g/mol. The monoisotopic (exact) mass is 519 g/mol. The van der Waals surface area contributed by atoms with E-state index in [2.05, 4.69) is 69.0 Å². The fraction of sp³-hybridized carbons (Fsp3) is 0.552. The first kappa shape index (κ1) is 26.3. The molecular formula is C29H41N7O2. The van der Waals surface area contributed by atoms with Crippen LogP contribution in [0.15, 0.2) is 36.0 Å². The van der Waals surface area contributed by atoms with Crippen molar-refractivity contribution in [1.82, 2.24) is 24.7 Å². The van der Waals surface area contributed by atoms with E-state index in [4.69, 9.17) is 10.5 Å². The Morgan fingerprint density at radius 1 is 1.08 bits per heavy atom. The number of anilines is 2. The number of nitrogens with zero attached hydrogens (tertiary/aromatic N) is 6. The van der Waals surface area contributed by atoms with Gasteiger partial charge in [0.2, 0.25) is 5.95 Å². The molecule has 1 aromatic heterocycles. The number of amides is 1. The third kappa shape index (κ3) is 5.88. The van der Waals surface area contributed by atoms with Gasteiger partial charge < -0.3 is 30.1 Å². The lowest BCUT2D eigenvalue weighted by atomic mass is 9.94. The van der Waals surface area contributed by atoms with Crippen LogP contribution in [-0.2, 0) is 17.7 Å². The van der Waals surface area contributed by atoms with E-state index in [0.29, 0.717) is 11.9 Å². The smallest absolute Gasteiger partial charge is 0.409 e. The number of nitrogen functional groups attached to an aromatic ring is 1. The Hall–Kier alpha value is -3.33. The maximum absolute atomic E-state index is 12.0. The number of benzene rings is 1. The standard InChI is InChI=1S/C29H41N7O2/c1-4-5-25(16-21-8-10-36(19-21)29(37)38-3)35-11-9-22-6-7-23(17-24(22)20-35)26-18-27(32-28(30)31-26)34-14-12-33(2)13-15-34/h5-7,17-18,21H,4,8-16,19-20H2,1-3H3,(H2,30,31,32)/b25-5-. The van der Waals surface area contributed by atoms with Crippen molar-refractivity contribution < 1.29 is 9.53 Å². The summed E-state index contributed by atoms with van der Waals surface area (Å²) in [6.07, 6.45) is 6.19. The number of hydrogen-bond donors (Lipinski definition) is 1. The molecule has 9 heteroatoms. The molecule has 1 amide bonds. The van der Waals surface area contributed by atoms with Gasteiger partial charge in [-0.2, -0.15) is 4.98 Å². The number of likely N-dealkylation sites (tertiary alicyclic amines) is 1. The maximum Gasteiger partial charge on any atom is 0.409 e. The van der Waals surface area contributed by atoms with Gasteiger partial charge in [-0.1, -0.05) is 25.1 Å². The lowest BCUT2D eigenvalue weighted by Crippen LogP contribution is -2.44. The number of fused-ring (bicyclic) bond motifs is 1. The van der Waals surface area contributed by atoms with E-state index in [1.165, 1.54) is 23.9 Å². The van der Waals surface area contributed by atoms with Crippen molar-refractivity contribution in [2.75, 3.05) is 70.6 Å². The minimum atomic E-state index is -0.214. The average Bonchev–Trinajstić information content (AvgIpc) is 3.40. The molecule has 3 aliphatic heterocycles. The van der Waals surface area contributed by atoms with Gasteiger partial charge in [-0.15, -0.1) is 0 Å². The summed E-state index contributed by atoms with van der Waals surface area (Å²) in [5.74, 6) is 1.70. The van der Waals surface area contributed by atoms with Gasteiger partial charge in [0, 0.05) is 69.7 Å². The van der Waals surface area contributed by atoms with E-state index in [1.54, 1.807) is 0 Å². The van der Waals surface area contributed by atoms with Crippen LogP contribution in [0.3, 0.4) is 0 Å². The van der Waals surface area contributed by atoms with Crippen molar-refractivity contribution >= 4 is 17.9 Å². The zero-order chi connectivity index (χ0) is 26.6. The molecule has 0 aliphatic carbocycles. The molecule has 1 unspecified atom stereocenters. The lowest BCUT2D eigenvalue weighted by molar-refractivity contribution is 0.131. The summed E-state index contributed by atoms with van der Waals surface area (Å²) in [6, 6.07) is 8.80. The van der Waals surface area contributed by atoms with E-state index >= 15 is 0 Å². The Morgan fingerprint density at radius 2 is 1.89 bits per heavy atom. The number of aromatic nitrogens is 2. The molecule has 2 fully saturated rings. The van der Waals surface area contributed by atoms with Crippen molar-refractivity contribution in [1.29, 1.82) is 0 Å². The number of carbonyl (C=O) groups excluding carboxylic acids is 1. The number of methoxy groups -OCH3 is 1. The lowest BCUT2D eigenvalue weighted by Gasteiger charge is -2.34. The molecule has 0 radical (unpaired) electrons. The summed E-state index contributed by atoms with van der Waals surface area (Å²) in [6.45, 7) is 9.56. The Balaban J connectivity index is 1.32. The van der Waals surface area contributed by atoms with E-state index in [0.717, 1.165) is 95.1 Å². The first-order valence-electron chi connectivity index (χ1n) is 13.9. The molecule has 38 heavy (non-hydrogen) atoms. The number of piperazine rings is 1. The highest BCUT2D eigenvalue weighted by Crippen LogP contribution is 2.32. The predicted octanol–water partition coefficient (Wildman–Crippen LogP) is 3.61. The molecule has 5 rings (SSSR count). The normalized spacial score (nSPS) is 20.6. The highest BCUT2D eigenvalue weighted by Gasteiger charge is 2.29. The van der Waals surface area contributed by atoms with Gasteiger partial charge in [0.05, 0.1) is 12.8 Å². The van der Waals surface area contributed by atoms with E-state index in [-0.39, 0.29) is 6.09 Å². The molecule has 3 aliphatic rings. The fourth-order valence-electron chi connectivity index (χ4n) is 5.93. The zero-order valence-electron chi connectivity index (χ0n) is 23.0. The quantitative estimate of drug-likeness (QED) is 0.619. The van der Waals surface area contributed by atoms with Crippen LogP contribution in [-0.4, -0.2) is 90.7 Å². The molecule has 4 heterocycles. The molecule has 2 N–H and O–H groups in total. The molecule has 0 bridgehead atoms. The minimum Gasteiger partial charge on any atom is -0.453 e. The van der Waals surface area contributed by atoms with Crippen LogP contribution in [0.25, 0.3) is 11.3 Å². The molecule has 2 aromatic rings. The van der Waals surface area contributed by atoms with E-state index in [9.17, 15) is 4.79 Å². The highest BCUT2D eigenvalue weighted by atomic mass is 16.5. The second-order valence-electron chi connectivity index (χ2n) is 10.8. The van der Waals surface area contributed by atoms with Crippen molar-refractivity contribution in [3.05, 3.63) is 47.2 Å². The number of nitrogens with two attached hydrogens (primary N) is 1. The fourth-order valence-corrected chi connectivity index (χ4v) is 5.93. The van der Waals surface area contributed by atoms with Gasteiger partial charge in [-0.25, -0.2) is 9.78 Å². The number of carbonyl (C=O) groups is 1. The van der Waals surface area contributed by atoms with E-state index < -0.39 is 0 Å².